The standard InChI is InChI=1S/C26H30N4O3/c1-26(2,3)21-7-4-5-9-23(21)33-24-22(8-6-14-27-24)29-25(31)28-19-10-12-20(13-11-19)30-15-17-32-18-16-30/h4-14H,15-18H2,1-3H3,(H2,28,29,31). The molecule has 0 atom stereocenters. The highest BCUT2D eigenvalue weighted by molar-refractivity contribution is 6.00. The molecule has 172 valence electrons. The molecular formula is C26H30N4O3. The molecule has 33 heavy (non-hydrogen) atoms. The monoisotopic (exact) mass is 446 g/mol. The van der Waals surface area contributed by atoms with Crippen LogP contribution in [-0.4, -0.2) is 37.3 Å². The number of amides is 2. The Balaban J connectivity index is 1.43. The molecule has 1 aliphatic heterocycles. The molecule has 7 heteroatoms. The lowest BCUT2D eigenvalue weighted by Gasteiger charge is -2.28. The van der Waals surface area contributed by atoms with Gasteiger partial charge in [-0.2, -0.15) is 0 Å². The fraction of sp³-hybridized carbons (Fsp3) is 0.308. The number of nitrogens with one attached hydrogen (secondary N) is 2. The van der Waals surface area contributed by atoms with Gasteiger partial charge in [-0.1, -0.05) is 39.0 Å². The third kappa shape index (κ3) is 5.81. The minimum atomic E-state index is -0.365. The van der Waals surface area contributed by atoms with Crippen molar-refractivity contribution in [2.24, 2.45) is 0 Å². The summed E-state index contributed by atoms with van der Waals surface area (Å²) in [5.41, 5.74) is 3.28. The van der Waals surface area contributed by atoms with Gasteiger partial charge in [-0.15, -0.1) is 0 Å². The first-order valence-corrected chi connectivity index (χ1v) is 11.1. The first-order chi connectivity index (χ1) is 15.9. The van der Waals surface area contributed by atoms with Crippen LogP contribution >= 0.6 is 0 Å². The van der Waals surface area contributed by atoms with Crippen LogP contribution in [0, 0.1) is 0 Å². The zero-order valence-electron chi connectivity index (χ0n) is 19.3. The zero-order valence-corrected chi connectivity index (χ0v) is 19.3. The van der Waals surface area contributed by atoms with Gasteiger partial charge in [-0.3, -0.25) is 0 Å². The maximum absolute atomic E-state index is 12.7. The Morgan fingerprint density at radius 1 is 0.970 bits per heavy atom. The molecule has 7 nitrogen and oxygen atoms in total. The molecule has 0 saturated carbocycles. The van der Waals surface area contributed by atoms with E-state index in [1.54, 1.807) is 18.3 Å². The topological polar surface area (TPSA) is 75.7 Å². The van der Waals surface area contributed by atoms with Gasteiger partial charge in [0.15, 0.2) is 0 Å². The fourth-order valence-corrected chi connectivity index (χ4v) is 3.71. The summed E-state index contributed by atoms with van der Waals surface area (Å²) >= 11 is 0. The minimum absolute atomic E-state index is 0.0935. The minimum Gasteiger partial charge on any atom is -0.437 e. The largest absolute Gasteiger partial charge is 0.437 e. The normalized spacial score (nSPS) is 14.0. The SMILES string of the molecule is CC(C)(C)c1ccccc1Oc1ncccc1NC(=O)Nc1ccc(N2CCOCC2)cc1. The Morgan fingerprint density at radius 2 is 1.70 bits per heavy atom. The third-order valence-electron chi connectivity index (χ3n) is 5.42. The lowest BCUT2D eigenvalue weighted by Crippen LogP contribution is -2.36. The van der Waals surface area contributed by atoms with E-state index in [1.807, 2.05) is 48.5 Å². The molecule has 2 N–H and O–H groups in total. The predicted octanol–water partition coefficient (Wildman–Crippen LogP) is 5.65. The Hall–Kier alpha value is -3.58. The van der Waals surface area contributed by atoms with Gasteiger partial charge in [0.05, 0.1) is 13.2 Å². The molecule has 1 saturated heterocycles. The van der Waals surface area contributed by atoms with Crippen LogP contribution < -0.4 is 20.3 Å². The van der Waals surface area contributed by atoms with E-state index in [9.17, 15) is 4.79 Å². The van der Waals surface area contributed by atoms with Gasteiger partial charge in [0, 0.05) is 36.2 Å². The van der Waals surface area contributed by atoms with Crippen molar-refractivity contribution in [2.45, 2.75) is 26.2 Å². The number of rotatable bonds is 5. The Morgan fingerprint density at radius 3 is 2.42 bits per heavy atom. The van der Waals surface area contributed by atoms with Crippen LogP contribution in [0.25, 0.3) is 0 Å². The number of carbonyl (C=O) groups excluding carboxylic acids is 1. The fourth-order valence-electron chi connectivity index (χ4n) is 3.71. The van der Waals surface area contributed by atoms with Gasteiger partial charge < -0.3 is 25.0 Å². The molecule has 1 aliphatic rings. The number of pyridine rings is 1. The number of hydrogen-bond acceptors (Lipinski definition) is 5. The number of carbonyl (C=O) groups is 1. The number of aromatic nitrogens is 1. The van der Waals surface area contributed by atoms with Crippen molar-refractivity contribution in [3.63, 3.8) is 0 Å². The molecule has 0 radical (unpaired) electrons. The molecule has 2 aromatic carbocycles. The predicted molar refractivity (Wildman–Crippen MR) is 132 cm³/mol. The average molecular weight is 447 g/mol. The molecular weight excluding hydrogens is 416 g/mol. The van der Waals surface area contributed by atoms with Crippen LogP contribution in [0.15, 0.2) is 66.9 Å². The molecule has 0 spiro atoms. The number of para-hydroxylation sites is 1. The Labute approximate surface area is 194 Å². The number of nitrogens with zero attached hydrogens (tertiary/aromatic N) is 2. The van der Waals surface area contributed by atoms with E-state index < -0.39 is 0 Å². The molecule has 2 amide bonds. The van der Waals surface area contributed by atoms with E-state index in [-0.39, 0.29) is 11.4 Å². The molecule has 4 rings (SSSR count). The maximum atomic E-state index is 12.7. The molecule has 0 aliphatic carbocycles. The van der Waals surface area contributed by atoms with Crippen LogP contribution in [0.4, 0.5) is 21.9 Å². The number of hydrogen-bond donors (Lipinski definition) is 2. The van der Waals surface area contributed by atoms with Crippen LogP contribution in [0.1, 0.15) is 26.3 Å². The summed E-state index contributed by atoms with van der Waals surface area (Å²) in [7, 11) is 0. The van der Waals surface area contributed by atoms with Crippen molar-refractivity contribution in [3.05, 3.63) is 72.4 Å². The van der Waals surface area contributed by atoms with Gasteiger partial charge in [0.2, 0.25) is 5.88 Å². The Bertz CT molecular complexity index is 1090. The molecule has 1 aromatic heterocycles. The van der Waals surface area contributed by atoms with E-state index in [0.717, 1.165) is 37.6 Å². The highest BCUT2D eigenvalue weighted by Gasteiger charge is 2.20. The van der Waals surface area contributed by atoms with Crippen molar-refractivity contribution in [2.75, 3.05) is 41.8 Å². The number of benzene rings is 2. The van der Waals surface area contributed by atoms with Crippen molar-refractivity contribution in [1.29, 1.82) is 0 Å². The molecule has 0 bridgehead atoms. The first-order valence-electron chi connectivity index (χ1n) is 11.1. The number of morpholine rings is 1. The summed E-state index contributed by atoms with van der Waals surface area (Å²) in [6.45, 7) is 9.60. The summed E-state index contributed by atoms with van der Waals surface area (Å²) in [5.74, 6) is 1.05. The first kappa shape index (κ1) is 22.6. The van der Waals surface area contributed by atoms with Gasteiger partial charge in [0.1, 0.15) is 11.4 Å². The van der Waals surface area contributed by atoms with E-state index in [4.69, 9.17) is 9.47 Å². The zero-order chi connectivity index (χ0) is 23.3. The van der Waals surface area contributed by atoms with E-state index >= 15 is 0 Å². The summed E-state index contributed by atoms with van der Waals surface area (Å²) in [6.07, 6.45) is 1.64. The maximum Gasteiger partial charge on any atom is 0.323 e. The van der Waals surface area contributed by atoms with E-state index in [0.29, 0.717) is 23.0 Å². The van der Waals surface area contributed by atoms with Gasteiger partial charge in [0.25, 0.3) is 0 Å². The van der Waals surface area contributed by atoms with Crippen LogP contribution in [0.5, 0.6) is 11.6 Å². The highest BCUT2D eigenvalue weighted by atomic mass is 16.5. The molecule has 1 fully saturated rings. The van der Waals surface area contributed by atoms with Crippen LogP contribution in [-0.2, 0) is 10.2 Å². The number of ether oxygens (including phenoxy) is 2. The second kappa shape index (κ2) is 9.92. The van der Waals surface area contributed by atoms with Crippen LogP contribution in [0.2, 0.25) is 0 Å². The number of anilines is 3. The summed E-state index contributed by atoms with van der Waals surface area (Å²) in [5, 5.41) is 5.72. The van der Waals surface area contributed by atoms with E-state index in [1.165, 1.54) is 0 Å². The highest BCUT2D eigenvalue weighted by Crippen LogP contribution is 2.35. The van der Waals surface area contributed by atoms with Crippen molar-refractivity contribution >= 4 is 23.1 Å². The van der Waals surface area contributed by atoms with Gasteiger partial charge >= 0.3 is 6.03 Å². The molecule has 0 unspecified atom stereocenters. The Kier molecular flexibility index (Phi) is 6.79. The van der Waals surface area contributed by atoms with Crippen molar-refractivity contribution in [3.8, 4) is 11.6 Å². The average Bonchev–Trinajstić information content (AvgIpc) is 2.81. The lowest BCUT2D eigenvalue weighted by molar-refractivity contribution is 0.122. The van der Waals surface area contributed by atoms with E-state index in [2.05, 4.69) is 41.3 Å². The summed E-state index contributed by atoms with van der Waals surface area (Å²) < 4.78 is 11.5. The summed E-state index contributed by atoms with van der Waals surface area (Å²) in [4.78, 5) is 19.3. The van der Waals surface area contributed by atoms with Gasteiger partial charge in [-0.05, 0) is 47.9 Å². The van der Waals surface area contributed by atoms with Crippen molar-refractivity contribution < 1.29 is 14.3 Å². The van der Waals surface area contributed by atoms with Gasteiger partial charge in [-0.25, -0.2) is 9.78 Å². The molecule has 3 aromatic rings. The quantitative estimate of drug-likeness (QED) is 0.530. The van der Waals surface area contributed by atoms with Crippen LogP contribution in [0.3, 0.4) is 0 Å². The number of urea groups is 1. The third-order valence-corrected chi connectivity index (χ3v) is 5.42. The molecule has 2 heterocycles. The van der Waals surface area contributed by atoms with Crippen molar-refractivity contribution in [1.82, 2.24) is 4.98 Å². The smallest absolute Gasteiger partial charge is 0.323 e. The summed E-state index contributed by atoms with van der Waals surface area (Å²) in [6, 6.07) is 18.8. The lowest BCUT2D eigenvalue weighted by atomic mass is 9.86. The second-order valence-corrected chi connectivity index (χ2v) is 8.93. The second-order valence-electron chi connectivity index (χ2n) is 8.93.